The molecular formula is C20H20N4O2. The Kier molecular flexibility index (Phi) is 5.43. The second-order valence-corrected chi connectivity index (χ2v) is 5.71. The molecule has 0 unspecified atom stereocenters. The minimum absolute atomic E-state index is 0.248. The van der Waals surface area contributed by atoms with Crippen molar-refractivity contribution in [3.05, 3.63) is 77.7 Å². The molecule has 1 amide bonds. The van der Waals surface area contributed by atoms with Crippen molar-refractivity contribution in [2.75, 3.05) is 12.4 Å². The number of methoxy groups -OCH3 is 1. The summed E-state index contributed by atoms with van der Waals surface area (Å²) in [6, 6.07) is 18.8. The predicted octanol–water partition coefficient (Wildman–Crippen LogP) is 3.47. The molecule has 0 atom stereocenters. The third kappa shape index (κ3) is 4.57. The van der Waals surface area contributed by atoms with Crippen LogP contribution in [0.5, 0.6) is 5.75 Å². The average Bonchev–Trinajstić information content (AvgIpc) is 2.67. The number of hydrogen-bond donors (Lipinski definition) is 2. The molecule has 2 aromatic carbocycles. The summed E-state index contributed by atoms with van der Waals surface area (Å²) < 4.78 is 5.13. The van der Waals surface area contributed by atoms with Crippen LogP contribution in [0, 0.1) is 6.92 Å². The summed E-state index contributed by atoms with van der Waals surface area (Å²) in [4.78, 5) is 21.0. The van der Waals surface area contributed by atoms with Crippen molar-refractivity contribution in [2.45, 2.75) is 13.5 Å². The Morgan fingerprint density at radius 1 is 1.04 bits per heavy atom. The molecule has 0 fully saturated rings. The Morgan fingerprint density at radius 3 is 2.46 bits per heavy atom. The van der Waals surface area contributed by atoms with Crippen molar-refractivity contribution in [3.63, 3.8) is 0 Å². The van der Waals surface area contributed by atoms with Gasteiger partial charge in [0.1, 0.15) is 23.1 Å². The summed E-state index contributed by atoms with van der Waals surface area (Å²) in [5.41, 5.74) is 2.20. The first kappa shape index (κ1) is 17.4. The molecule has 0 bridgehead atoms. The number of anilines is 2. The van der Waals surface area contributed by atoms with E-state index in [1.54, 1.807) is 20.1 Å². The van der Waals surface area contributed by atoms with Gasteiger partial charge in [0.2, 0.25) is 0 Å². The molecule has 6 nitrogen and oxygen atoms in total. The molecular weight excluding hydrogens is 328 g/mol. The number of nitrogens with zero attached hydrogens (tertiary/aromatic N) is 2. The zero-order valence-electron chi connectivity index (χ0n) is 14.7. The monoisotopic (exact) mass is 348 g/mol. The van der Waals surface area contributed by atoms with Crippen LogP contribution in [0.3, 0.4) is 0 Å². The number of rotatable bonds is 6. The number of ether oxygens (including phenoxy) is 1. The van der Waals surface area contributed by atoms with Gasteiger partial charge in [0, 0.05) is 18.3 Å². The average molecular weight is 348 g/mol. The van der Waals surface area contributed by atoms with Crippen molar-refractivity contribution < 1.29 is 9.53 Å². The van der Waals surface area contributed by atoms with Crippen molar-refractivity contribution in [3.8, 4) is 5.75 Å². The fraction of sp³-hybridized carbons (Fsp3) is 0.150. The maximum atomic E-state index is 12.4. The predicted molar refractivity (Wildman–Crippen MR) is 101 cm³/mol. The van der Waals surface area contributed by atoms with E-state index in [1.165, 1.54) is 0 Å². The Balaban J connectivity index is 1.68. The lowest BCUT2D eigenvalue weighted by Crippen LogP contribution is -2.24. The summed E-state index contributed by atoms with van der Waals surface area (Å²) in [5.74, 6) is 1.64. The Labute approximate surface area is 152 Å². The molecule has 132 valence electrons. The third-order valence-electron chi connectivity index (χ3n) is 3.73. The Bertz CT molecular complexity index is 880. The summed E-state index contributed by atoms with van der Waals surface area (Å²) in [6.07, 6.45) is 0. The number of carbonyl (C=O) groups is 1. The van der Waals surface area contributed by atoms with E-state index in [4.69, 9.17) is 4.74 Å². The Morgan fingerprint density at radius 2 is 1.77 bits per heavy atom. The lowest BCUT2D eigenvalue weighted by atomic mass is 10.2. The SMILES string of the molecule is COc1ccc(CNC(=O)c2cc(Nc3ccccc3)nc(C)n2)cc1. The largest absolute Gasteiger partial charge is 0.497 e. The van der Waals surface area contributed by atoms with Crippen LogP contribution in [0.1, 0.15) is 21.9 Å². The van der Waals surface area contributed by atoms with Crippen molar-refractivity contribution in [1.29, 1.82) is 0 Å². The second kappa shape index (κ2) is 8.11. The molecule has 0 aliphatic heterocycles. The molecule has 26 heavy (non-hydrogen) atoms. The molecule has 0 spiro atoms. The van der Waals surface area contributed by atoms with Crippen molar-refractivity contribution in [2.24, 2.45) is 0 Å². The van der Waals surface area contributed by atoms with E-state index < -0.39 is 0 Å². The van der Waals surface area contributed by atoms with Gasteiger partial charge in [0.25, 0.3) is 5.91 Å². The van der Waals surface area contributed by atoms with Crippen LogP contribution in [-0.4, -0.2) is 23.0 Å². The minimum Gasteiger partial charge on any atom is -0.497 e. The molecule has 0 saturated heterocycles. The van der Waals surface area contributed by atoms with Gasteiger partial charge < -0.3 is 15.4 Å². The number of hydrogen-bond acceptors (Lipinski definition) is 5. The first-order valence-electron chi connectivity index (χ1n) is 8.23. The lowest BCUT2D eigenvalue weighted by molar-refractivity contribution is 0.0945. The van der Waals surface area contributed by atoms with Gasteiger partial charge in [-0.1, -0.05) is 30.3 Å². The number of benzene rings is 2. The van der Waals surface area contributed by atoms with E-state index in [0.717, 1.165) is 17.0 Å². The number of aryl methyl sites for hydroxylation is 1. The van der Waals surface area contributed by atoms with E-state index in [0.29, 0.717) is 23.9 Å². The molecule has 0 radical (unpaired) electrons. The summed E-state index contributed by atoms with van der Waals surface area (Å²) >= 11 is 0. The van der Waals surface area contributed by atoms with Gasteiger partial charge in [-0.15, -0.1) is 0 Å². The zero-order chi connectivity index (χ0) is 18.4. The molecule has 0 aliphatic carbocycles. The molecule has 1 heterocycles. The summed E-state index contributed by atoms with van der Waals surface area (Å²) in [5, 5.41) is 6.05. The number of nitrogens with one attached hydrogen (secondary N) is 2. The number of para-hydroxylation sites is 1. The summed E-state index contributed by atoms with van der Waals surface area (Å²) in [6.45, 7) is 2.17. The van der Waals surface area contributed by atoms with Gasteiger partial charge in [-0.2, -0.15) is 0 Å². The molecule has 6 heteroatoms. The smallest absolute Gasteiger partial charge is 0.270 e. The van der Waals surface area contributed by atoms with Crippen LogP contribution in [0.4, 0.5) is 11.5 Å². The van der Waals surface area contributed by atoms with Gasteiger partial charge in [0.05, 0.1) is 7.11 Å². The van der Waals surface area contributed by atoms with Gasteiger partial charge in [-0.3, -0.25) is 4.79 Å². The first-order valence-corrected chi connectivity index (χ1v) is 8.23. The molecule has 3 rings (SSSR count). The van der Waals surface area contributed by atoms with Crippen molar-refractivity contribution >= 4 is 17.4 Å². The van der Waals surface area contributed by atoms with E-state index in [9.17, 15) is 4.79 Å². The topological polar surface area (TPSA) is 76.1 Å². The van der Waals surface area contributed by atoms with E-state index in [-0.39, 0.29) is 5.91 Å². The minimum atomic E-state index is -0.248. The van der Waals surface area contributed by atoms with E-state index in [2.05, 4.69) is 20.6 Å². The number of amides is 1. The molecule has 2 N–H and O–H groups in total. The highest BCUT2D eigenvalue weighted by Gasteiger charge is 2.10. The quantitative estimate of drug-likeness (QED) is 0.713. The van der Waals surface area contributed by atoms with E-state index in [1.807, 2.05) is 54.6 Å². The maximum absolute atomic E-state index is 12.4. The lowest BCUT2D eigenvalue weighted by Gasteiger charge is -2.09. The third-order valence-corrected chi connectivity index (χ3v) is 3.73. The van der Waals surface area contributed by atoms with E-state index >= 15 is 0 Å². The standard InChI is InChI=1S/C20H20N4O2/c1-14-22-18(12-19(23-14)24-16-6-4-3-5-7-16)20(25)21-13-15-8-10-17(26-2)11-9-15/h3-12H,13H2,1-2H3,(H,21,25)(H,22,23,24). The van der Waals surface area contributed by atoms with Crippen molar-refractivity contribution in [1.82, 2.24) is 15.3 Å². The zero-order valence-corrected chi connectivity index (χ0v) is 14.7. The second-order valence-electron chi connectivity index (χ2n) is 5.71. The fourth-order valence-electron chi connectivity index (χ4n) is 2.43. The van der Waals surface area contributed by atoms with Crippen LogP contribution in [0.15, 0.2) is 60.7 Å². The fourth-order valence-corrected chi connectivity index (χ4v) is 2.43. The number of carbonyl (C=O) groups excluding carboxylic acids is 1. The highest BCUT2D eigenvalue weighted by molar-refractivity contribution is 5.93. The van der Waals surface area contributed by atoms with Gasteiger partial charge in [0.15, 0.2) is 0 Å². The summed E-state index contributed by atoms with van der Waals surface area (Å²) in [7, 11) is 1.62. The maximum Gasteiger partial charge on any atom is 0.270 e. The van der Waals surface area contributed by atoms with Gasteiger partial charge in [-0.25, -0.2) is 9.97 Å². The molecule has 1 aromatic heterocycles. The number of aromatic nitrogens is 2. The van der Waals surface area contributed by atoms with Crippen LogP contribution in [0.2, 0.25) is 0 Å². The first-order chi connectivity index (χ1) is 12.6. The normalized spacial score (nSPS) is 10.2. The van der Waals surface area contributed by atoms with Crippen LogP contribution in [0.25, 0.3) is 0 Å². The molecule has 0 aliphatic rings. The van der Waals surface area contributed by atoms with Gasteiger partial charge >= 0.3 is 0 Å². The van der Waals surface area contributed by atoms with Crippen LogP contribution < -0.4 is 15.4 Å². The molecule has 0 saturated carbocycles. The van der Waals surface area contributed by atoms with Crippen LogP contribution >= 0.6 is 0 Å². The highest BCUT2D eigenvalue weighted by atomic mass is 16.5. The van der Waals surface area contributed by atoms with Crippen LogP contribution in [-0.2, 0) is 6.54 Å². The molecule has 3 aromatic rings. The Hall–Kier alpha value is -3.41. The highest BCUT2D eigenvalue weighted by Crippen LogP contribution is 2.15. The van der Waals surface area contributed by atoms with Gasteiger partial charge in [-0.05, 0) is 36.8 Å².